The molecule has 0 aromatic heterocycles. The van der Waals surface area contributed by atoms with Crippen molar-refractivity contribution in [2.75, 3.05) is 6.61 Å². The van der Waals surface area contributed by atoms with Crippen molar-refractivity contribution < 1.29 is 19.1 Å². The molecule has 5 nitrogen and oxygen atoms in total. The second-order valence-corrected chi connectivity index (χ2v) is 10.8. The van der Waals surface area contributed by atoms with E-state index in [-0.39, 0.29) is 24.3 Å². The fourth-order valence-electron chi connectivity index (χ4n) is 3.38. The minimum absolute atomic E-state index is 0.173. The van der Waals surface area contributed by atoms with E-state index in [2.05, 4.69) is 15.9 Å². The minimum Gasteiger partial charge on any atom is -0.490 e. The molecule has 3 aromatic carbocycles. The summed E-state index contributed by atoms with van der Waals surface area (Å²) in [5.41, 5.74) is 2.34. The maximum Gasteiger partial charge on any atom is 0.293 e. The first-order valence-electron chi connectivity index (χ1n) is 10.8. The van der Waals surface area contributed by atoms with Gasteiger partial charge >= 0.3 is 0 Å². The first kappa shape index (κ1) is 26.9. The summed E-state index contributed by atoms with van der Waals surface area (Å²) in [6.07, 6.45) is 1.67. The zero-order valence-corrected chi connectivity index (χ0v) is 23.6. The van der Waals surface area contributed by atoms with Crippen LogP contribution in [0.5, 0.6) is 11.5 Å². The first-order chi connectivity index (χ1) is 17.2. The van der Waals surface area contributed by atoms with Crippen molar-refractivity contribution in [1.29, 1.82) is 0 Å². The molecule has 3 aromatic rings. The standard InChI is InChI=1S/C26H19BrCl3NO4S/c1-2-34-22-10-17(19(27)12-23(22)35-14-16-5-8-20(29)21(30)9-16)11-24-25(32)31(26(33)36-24)13-15-3-6-18(28)7-4-15/h3-12H,2,13-14H2,1H3/b24-11-. The van der Waals surface area contributed by atoms with Crippen LogP contribution in [0.25, 0.3) is 6.08 Å². The van der Waals surface area contributed by atoms with Crippen molar-refractivity contribution in [3.8, 4) is 11.5 Å². The highest BCUT2D eigenvalue weighted by molar-refractivity contribution is 9.10. The van der Waals surface area contributed by atoms with Crippen molar-refractivity contribution in [3.05, 3.63) is 95.7 Å². The highest BCUT2D eigenvalue weighted by atomic mass is 79.9. The summed E-state index contributed by atoms with van der Waals surface area (Å²) in [6, 6.07) is 15.9. The van der Waals surface area contributed by atoms with Gasteiger partial charge in [-0.15, -0.1) is 0 Å². The van der Waals surface area contributed by atoms with Gasteiger partial charge in [0.25, 0.3) is 11.1 Å². The molecule has 1 aliphatic heterocycles. The summed E-state index contributed by atoms with van der Waals surface area (Å²) in [5, 5.41) is 1.18. The Balaban J connectivity index is 1.55. The average molecular weight is 628 g/mol. The predicted octanol–water partition coefficient (Wildman–Crippen LogP) is 8.62. The van der Waals surface area contributed by atoms with E-state index >= 15 is 0 Å². The van der Waals surface area contributed by atoms with Gasteiger partial charge < -0.3 is 9.47 Å². The molecule has 1 aliphatic rings. The Morgan fingerprint density at radius 3 is 2.31 bits per heavy atom. The number of halogens is 4. The van der Waals surface area contributed by atoms with Gasteiger partial charge in [0.2, 0.25) is 0 Å². The molecule has 1 fully saturated rings. The molecular formula is C26H19BrCl3NO4S. The molecule has 2 amide bonds. The summed E-state index contributed by atoms with van der Waals surface area (Å²) in [7, 11) is 0. The Morgan fingerprint density at radius 1 is 0.917 bits per heavy atom. The lowest BCUT2D eigenvalue weighted by molar-refractivity contribution is -0.123. The van der Waals surface area contributed by atoms with Crippen molar-refractivity contribution in [3.63, 3.8) is 0 Å². The zero-order valence-electron chi connectivity index (χ0n) is 18.9. The Bertz CT molecular complexity index is 1350. The number of imide groups is 1. The van der Waals surface area contributed by atoms with Crippen molar-refractivity contribution in [2.45, 2.75) is 20.1 Å². The first-order valence-corrected chi connectivity index (χ1v) is 13.5. The molecule has 1 saturated heterocycles. The summed E-state index contributed by atoms with van der Waals surface area (Å²) >= 11 is 22.5. The van der Waals surface area contributed by atoms with Gasteiger partial charge in [-0.2, -0.15) is 0 Å². The predicted molar refractivity (Wildman–Crippen MR) is 149 cm³/mol. The summed E-state index contributed by atoms with van der Waals surface area (Å²) < 4.78 is 12.4. The number of amides is 2. The molecule has 4 rings (SSSR count). The van der Waals surface area contributed by atoms with Crippen LogP contribution in [-0.2, 0) is 17.9 Å². The van der Waals surface area contributed by atoms with E-state index in [0.717, 1.165) is 22.9 Å². The van der Waals surface area contributed by atoms with Crippen LogP contribution in [-0.4, -0.2) is 22.7 Å². The average Bonchev–Trinajstić information content (AvgIpc) is 3.11. The number of carbonyl (C=O) groups is 2. The van der Waals surface area contributed by atoms with Gasteiger partial charge in [0, 0.05) is 9.50 Å². The third-order valence-electron chi connectivity index (χ3n) is 5.16. The summed E-state index contributed by atoms with van der Waals surface area (Å²) in [4.78, 5) is 27.1. The van der Waals surface area contributed by atoms with Crippen LogP contribution in [0, 0.1) is 0 Å². The minimum atomic E-state index is -0.357. The summed E-state index contributed by atoms with van der Waals surface area (Å²) in [5.74, 6) is 0.667. The molecule has 0 unspecified atom stereocenters. The number of rotatable bonds is 8. The van der Waals surface area contributed by atoms with Crippen LogP contribution in [0.2, 0.25) is 15.1 Å². The number of hydrogen-bond acceptors (Lipinski definition) is 5. The number of nitrogens with zero attached hydrogens (tertiary/aromatic N) is 1. The Morgan fingerprint density at radius 2 is 1.61 bits per heavy atom. The lowest BCUT2D eigenvalue weighted by Crippen LogP contribution is -2.27. The van der Waals surface area contributed by atoms with Gasteiger partial charge in [-0.05, 0) is 77.9 Å². The molecule has 1 heterocycles. The Labute approximate surface area is 236 Å². The zero-order chi connectivity index (χ0) is 25.8. The van der Waals surface area contributed by atoms with Gasteiger partial charge in [0.15, 0.2) is 11.5 Å². The van der Waals surface area contributed by atoms with E-state index < -0.39 is 0 Å². The van der Waals surface area contributed by atoms with Crippen molar-refractivity contribution in [2.24, 2.45) is 0 Å². The normalized spacial score (nSPS) is 14.6. The highest BCUT2D eigenvalue weighted by Crippen LogP contribution is 2.39. The molecule has 0 atom stereocenters. The van der Waals surface area contributed by atoms with Crippen molar-refractivity contribution >= 4 is 79.7 Å². The quantitative estimate of drug-likeness (QED) is 0.234. The molecule has 186 valence electrons. The van der Waals surface area contributed by atoms with E-state index in [1.165, 1.54) is 4.90 Å². The van der Waals surface area contributed by atoms with E-state index in [1.54, 1.807) is 54.6 Å². The molecule has 0 aliphatic carbocycles. The molecule has 0 saturated carbocycles. The van der Waals surface area contributed by atoms with Gasteiger partial charge in [0.05, 0.1) is 28.1 Å². The lowest BCUT2D eigenvalue weighted by Gasteiger charge is -2.15. The Hall–Kier alpha value is -2.16. The van der Waals surface area contributed by atoms with Crippen LogP contribution in [0.1, 0.15) is 23.6 Å². The molecule has 0 spiro atoms. The second-order valence-electron chi connectivity index (χ2n) is 7.68. The van der Waals surface area contributed by atoms with E-state index in [1.807, 2.05) is 13.0 Å². The SMILES string of the molecule is CCOc1cc(/C=C2\SC(=O)N(Cc3ccc(Cl)cc3)C2=O)c(Br)cc1OCc1ccc(Cl)c(Cl)c1. The van der Waals surface area contributed by atoms with Crippen molar-refractivity contribution in [1.82, 2.24) is 4.90 Å². The van der Waals surface area contributed by atoms with Gasteiger partial charge in [-0.25, -0.2) is 0 Å². The third kappa shape index (κ3) is 6.39. The fourth-order valence-corrected chi connectivity index (χ4v) is 5.10. The lowest BCUT2D eigenvalue weighted by atomic mass is 10.1. The molecule has 0 radical (unpaired) electrons. The number of thioether (sulfide) groups is 1. The van der Waals surface area contributed by atoms with E-state index in [9.17, 15) is 9.59 Å². The number of ether oxygens (including phenoxy) is 2. The number of hydrogen-bond donors (Lipinski definition) is 0. The van der Waals surface area contributed by atoms with Crippen LogP contribution < -0.4 is 9.47 Å². The number of benzene rings is 3. The maximum atomic E-state index is 13.0. The second kappa shape index (κ2) is 11.9. The molecule has 0 N–H and O–H groups in total. The highest BCUT2D eigenvalue weighted by Gasteiger charge is 2.35. The smallest absolute Gasteiger partial charge is 0.293 e. The molecule has 0 bridgehead atoms. The largest absolute Gasteiger partial charge is 0.490 e. The third-order valence-corrected chi connectivity index (χ3v) is 7.74. The topological polar surface area (TPSA) is 55.8 Å². The van der Waals surface area contributed by atoms with E-state index in [0.29, 0.717) is 48.1 Å². The van der Waals surface area contributed by atoms with Crippen LogP contribution in [0.4, 0.5) is 4.79 Å². The van der Waals surface area contributed by atoms with Gasteiger partial charge in [-0.3, -0.25) is 14.5 Å². The maximum absolute atomic E-state index is 13.0. The van der Waals surface area contributed by atoms with Crippen LogP contribution >= 0.6 is 62.5 Å². The number of carbonyl (C=O) groups excluding carboxylic acids is 2. The molecule has 36 heavy (non-hydrogen) atoms. The molecular weight excluding hydrogens is 609 g/mol. The summed E-state index contributed by atoms with van der Waals surface area (Å²) in [6.45, 7) is 2.72. The monoisotopic (exact) mass is 625 g/mol. The fraction of sp³-hybridized carbons (Fsp3) is 0.154. The van der Waals surface area contributed by atoms with E-state index in [4.69, 9.17) is 44.3 Å². The van der Waals surface area contributed by atoms with Gasteiger partial charge in [-0.1, -0.05) is 68.9 Å². The van der Waals surface area contributed by atoms with Crippen LogP contribution in [0.15, 0.2) is 64.0 Å². The Kier molecular flexibility index (Phi) is 8.91. The molecule has 10 heteroatoms. The van der Waals surface area contributed by atoms with Crippen LogP contribution in [0.3, 0.4) is 0 Å². The van der Waals surface area contributed by atoms with Gasteiger partial charge in [0.1, 0.15) is 6.61 Å².